The smallest absolute Gasteiger partial charge is 0.216 e. The number of halogens is 1. The van der Waals surface area contributed by atoms with Crippen LogP contribution in [0.5, 0.6) is 0 Å². The second-order valence-corrected chi connectivity index (χ2v) is 4.64. The molecule has 0 spiro atoms. The van der Waals surface area contributed by atoms with Crippen molar-refractivity contribution in [3.8, 4) is 0 Å². The largest absolute Gasteiger partial charge is 0.444 e. The number of thiocarbonyl (C=S) groups is 1. The van der Waals surface area contributed by atoms with E-state index in [1.54, 1.807) is 18.3 Å². The quantitative estimate of drug-likeness (QED) is 0.842. The van der Waals surface area contributed by atoms with Gasteiger partial charge in [0.15, 0.2) is 0 Å². The van der Waals surface area contributed by atoms with Gasteiger partial charge in [0.2, 0.25) is 5.89 Å². The SMILES string of the molecule is Cc1cnc(C(C)Nc2cccc(F)c2C(N)=S)o1. The van der Waals surface area contributed by atoms with E-state index in [1.165, 1.54) is 6.07 Å². The minimum absolute atomic E-state index is 0.0105. The first-order valence-corrected chi connectivity index (χ1v) is 6.17. The number of anilines is 1. The van der Waals surface area contributed by atoms with Crippen molar-refractivity contribution in [1.29, 1.82) is 0 Å². The Morgan fingerprint density at radius 3 is 2.84 bits per heavy atom. The molecule has 1 aromatic heterocycles. The summed E-state index contributed by atoms with van der Waals surface area (Å²) in [4.78, 5) is 4.13. The molecule has 4 nitrogen and oxygen atoms in total. The molecule has 0 aliphatic carbocycles. The highest BCUT2D eigenvalue weighted by molar-refractivity contribution is 7.80. The van der Waals surface area contributed by atoms with Crippen LogP contribution in [0.25, 0.3) is 0 Å². The first-order valence-electron chi connectivity index (χ1n) is 5.76. The Balaban J connectivity index is 2.28. The summed E-state index contributed by atoms with van der Waals surface area (Å²) in [7, 11) is 0. The Labute approximate surface area is 115 Å². The molecule has 0 aliphatic heterocycles. The fourth-order valence-electron chi connectivity index (χ4n) is 1.76. The van der Waals surface area contributed by atoms with Gasteiger partial charge in [-0.05, 0) is 26.0 Å². The molecule has 0 aliphatic rings. The van der Waals surface area contributed by atoms with Gasteiger partial charge in [-0.2, -0.15) is 0 Å². The monoisotopic (exact) mass is 279 g/mol. The van der Waals surface area contributed by atoms with Crippen molar-refractivity contribution in [3.05, 3.63) is 47.4 Å². The molecule has 1 atom stereocenters. The molecule has 6 heteroatoms. The highest BCUT2D eigenvalue weighted by atomic mass is 32.1. The zero-order chi connectivity index (χ0) is 14.0. The summed E-state index contributed by atoms with van der Waals surface area (Å²) in [5, 5.41) is 3.10. The van der Waals surface area contributed by atoms with E-state index in [1.807, 2.05) is 13.8 Å². The van der Waals surface area contributed by atoms with Crippen LogP contribution in [0, 0.1) is 12.7 Å². The molecule has 2 rings (SSSR count). The topological polar surface area (TPSA) is 64.1 Å². The summed E-state index contributed by atoms with van der Waals surface area (Å²) >= 11 is 4.87. The van der Waals surface area contributed by atoms with Crippen molar-refractivity contribution in [1.82, 2.24) is 4.98 Å². The third-order valence-electron chi connectivity index (χ3n) is 2.64. The molecule has 0 bridgehead atoms. The van der Waals surface area contributed by atoms with Crippen LogP contribution in [0.3, 0.4) is 0 Å². The molecule has 100 valence electrons. The van der Waals surface area contributed by atoms with Crippen LogP contribution < -0.4 is 11.1 Å². The number of nitrogens with two attached hydrogens (primary N) is 1. The van der Waals surface area contributed by atoms with E-state index in [2.05, 4.69) is 10.3 Å². The molecule has 1 unspecified atom stereocenters. The lowest BCUT2D eigenvalue weighted by Gasteiger charge is -2.15. The van der Waals surface area contributed by atoms with Gasteiger partial charge in [0.1, 0.15) is 22.6 Å². The number of rotatable bonds is 4. The number of nitrogens with one attached hydrogen (secondary N) is 1. The molecule has 1 heterocycles. The van der Waals surface area contributed by atoms with Crippen molar-refractivity contribution in [3.63, 3.8) is 0 Å². The standard InChI is InChI=1S/C13H14FN3OS/c1-7-6-16-13(18-7)8(2)17-10-5-3-4-9(14)11(10)12(15)19/h3-6,8,17H,1-2H3,(H2,15,19). The summed E-state index contributed by atoms with van der Waals surface area (Å²) in [5.74, 6) is 0.793. The summed E-state index contributed by atoms with van der Waals surface area (Å²) in [6.07, 6.45) is 1.63. The Kier molecular flexibility index (Phi) is 3.80. The Morgan fingerprint density at radius 2 is 2.26 bits per heavy atom. The maximum atomic E-state index is 13.7. The number of aromatic nitrogens is 1. The van der Waals surface area contributed by atoms with Gasteiger partial charge >= 0.3 is 0 Å². The zero-order valence-corrected chi connectivity index (χ0v) is 11.4. The van der Waals surface area contributed by atoms with E-state index >= 15 is 0 Å². The van der Waals surface area contributed by atoms with Gasteiger partial charge < -0.3 is 15.5 Å². The normalized spacial score (nSPS) is 12.2. The molecule has 19 heavy (non-hydrogen) atoms. The Bertz CT molecular complexity index is 612. The molecule has 3 N–H and O–H groups in total. The lowest BCUT2D eigenvalue weighted by atomic mass is 10.1. The van der Waals surface area contributed by atoms with E-state index < -0.39 is 5.82 Å². The van der Waals surface area contributed by atoms with E-state index in [4.69, 9.17) is 22.4 Å². The number of hydrogen-bond acceptors (Lipinski definition) is 4. The van der Waals surface area contributed by atoms with Crippen LogP contribution in [-0.4, -0.2) is 9.97 Å². The van der Waals surface area contributed by atoms with Crippen molar-refractivity contribution in [2.45, 2.75) is 19.9 Å². The van der Waals surface area contributed by atoms with Crippen molar-refractivity contribution >= 4 is 22.9 Å². The van der Waals surface area contributed by atoms with Gasteiger partial charge in [0.25, 0.3) is 0 Å². The third kappa shape index (κ3) is 2.90. The molecular formula is C13H14FN3OS. The van der Waals surface area contributed by atoms with E-state index in [9.17, 15) is 4.39 Å². The lowest BCUT2D eigenvalue weighted by molar-refractivity contribution is 0.453. The van der Waals surface area contributed by atoms with Gasteiger partial charge in [-0.3, -0.25) is 0 Å². The van der Waals surface area contributed by atoms with Crippen LogP contribution in [0.15, 0.2) is 28.8 Å². The fourth-order valence-corrected chi connectivity index (χ4v) is 1.97. The van der Waals surface area contributed by atoms with Crippen LogP contribution in [-0.2, 0) is 0 Å². The predicted molar refractivity (Wildman–Crippen MR) is 75.6 cm³/mol. The second kappa shape index (κ2) is 5.36. The average Bonchev–Trinajstić information content (AvgIpc) is 2.75. The summed E-state index contributed by atoms with van der Waals surface area (Å²) < 4.78 is 19.1. The Hall–Kier alpha value is -1.95. The molecular weight excluding hydrogens is 265 g/mol. The van der Waals surface area contributed by atoms with Crippen LogP contribution in [0.2, 0.25) is 0 Å². The van der Waals surface area contributed by atoms with E-state index in [0.29, 0.717) is 11.6 Å². The number of benzene rings is 1. The molecule has 2 aromatic rings. The number of oxazole rings is 1. The first-order chi connectivity index (χ1) is 8.99. The number of aryl methyl sites for hydroxylation is 1. The highest BCUT2D eigenvalue weighted by Crippen LogP contribution is 2.24. The number of nitrogens with zero attached hydrogens (tertiary/aromatic N) is 1. The highest BCUT2D eigenvalue weighted by Gasteiger charge is 2.16. The lowest BCUT2D eigenvalue weighted by Crippen LogP contribution is -2.17. The van der Waals surface area contributed by atoms with Gasteiger partial charge in [-0.25, -0.2) is 9.37 Å². The molecule has 0 saturated heterocycles. The van der Waals surface area contributed by atoms with Crippen LogP contribution in [0.1, 0.15) is 30.2 Å². The van der Waals surface area contributed by atoms with Gasteiger partial charge in [-0.1, -0.05) is 18.3 Å². The van der Waals surface area contributed by atoms with Gasteiger partial charge in [0.05, 0.1) is 11.8 Å². The predicted octanol–water partition coefficient (Wildman–Crippen LogP) is 2.93. The summed E-state index contributed by atoms with van der Waals surface area (Å²) in [6.45, 7) is 3.67. The number of hydrogen-bond donors (Lipinski definition) is 2. The molecule has 0 amide bonds. The van der Waals surface area contributed by atoms with Crippen molar-refractivity contribution in [2.24, 2.45) is 5.73 Å². The molecule has 1 aromatic carbocycles. The molecule has 0 fully saturated rings. The van der Waals surface area contributed by atoms with Gasteiger partial charge in [0, 0.05) is 5.69 Å². The maximum Gasteiger partial charge on any atom is 0.216 e. The van der Waals surface area contributed by atoms with Crippen LogP contribution >= 0.6 is 12.2 Å². The van der Waals surface area contributed by atoms with Crippen molar-refractivity contribution < 1.29 is 8.81 Å². The third-order valence-corrected chi connectivity index (χ3v) is 2.85. The van der Waals surface area contributed by atoms with Crippen LogP contribution in [0.4, 0.5) is 10.1 Å². The fraction of sp³-hybridized carbons (Fsp3) is 0.231. The summed E-state index contributed by atoms with van der Waals surface area (Å²) in [5.41, 5.74) is 6.27. The van der Waals surface area contributed by atoms with Crippen molar-refractivity contribution in [2.75, 3.05) is 5.32 Å². The Morgan fingerprint density at radius 1 is 1.53 bits per heavy atom. The summed E-state index contributed by atoms with van der Waals surface area (Å²) in [6, 6.07) is 4.40. The first kappa shape index (κ1) is 13.5. The minimum Gasteiger partial charge on any atom is -0.444 e. The zero-order valence-electron chi connectivity index (χ0n) is 10.6. The maximum absolute atomic E-state index is 13.7. The molecule has 0 saturated carbocycles. The average molecular weight is 279 g/mol. The van der Waals surface area contributed by atoms with E-state index in [-0.39, 0.29) is 16.6 Å². The second-order valence-electron chi connectivity index (χ2n) is 4.20. The van der Waals surface area contributed by atoms with E-state index in [0.717, 1.165) is 5.76 Å². The minimum atomic E-state index is -0.451. The van der Waals surface area contributed by atoms with Gasteiger partial charge in [-0.15, -0.1) is 0 Å². The molecule has 0 radical (unpaired) electrons.